The first-order chi connectivity index (χ1) is 22.8. The van der Waals surface area contributed by atoms with Crippen LogP contribution in [0.5, 0.6) is 0 Å². The largest absolute Gasteiger partial charge is 0.310 e. The van der Waals surface area contributed by atoms with Gasteiger partial charge in [0.05, 0.1) is 11.1 Å². The molecule has 8 aromatic rings. The number of hydrogen-bond donors (Lipinski definition) is 0. The SMILES string of the molecule is c1ccc(N(c2ccc3c(c2)-c2ccccc2C32c3ccccc3-c3ccccc32)c2cc3ccccc3c3ccccc23)cc1. The van der Waals surface area contributed by atoms with Crippen molar-refractivity contribution in [2.24, 2.45) is 0 Å². The second-order valence-electron chi connectivity index (χ2n) is 12.5. The summed E-state index contributed by atoms with van der Waals surface area (Å²) in [5, 5.41) is 5.02. The van der Waals surface area contributed by atoms with E-state index in [1.807, 2.05) is 0 Å². The van der Waals surface area contributed by atoms with E-state index in [0.29, 0.717) is 0 Å². The van der Waals surface area contributed by atoms with E-state index in [-0.39, 0.29) is 5.41 Å². The summed E-state index contributed by atoms with van der Waals surface area (Å²) in [4.78, 5) is 2.44. The highest BCUT2D eigenvalue weighted by Crippen LogP contribution is 2.63. The first-order valence-electron chi connectivity index (χ1n) is 16.0. The van der Waals surface area contributed by atoms with Gasteiger partial charge in [-0.3, -0.25) is 0 Å². The van der Waals surface area contributed by atoms with Crippen LogP contribution in [-0.2, 0) is 5.41 Å². The normalized spacial score (nSPS) is 13.4. The molecule has 1 heteroatoms. The first kappa shape index (κ1) is 25.4. The zero-order chi connectivity index (χ0) is 30.2. The molecule has 0 saturated heterocycles. The molecule has 46 heavy (non-hydrogen) atoms. The summed E-state index contributed by atoms with van der Waals surface area (Å²) >= 11 is 0. The number of fused-ring (bicyclic) bond motifs is 13. The van der Waals surface area contributed by atoms with Gasteiger partial charge in [0, 0.05) is 16.8 Å². The molecule has 0 aliphatic heterocycles. The summed E-state index contributed by atoms with van der Waals surface area (Å²) < 4.78 is 0. The minimum Gasteiger partial charge on any atom is -0.310 e. The first-order valence-corrected chi connectivity index (χ1v) is 16.0. The Morgan fingerprint density at radius 1 is 0.326 bits per heavy atom. The number of para-hydroxylation sites is 1. The molecule has 0 saturated carbocycles. The fraction of sp³-hybridized carbons (Fsp3) is 0.0222. The van der Waals surface area contributed by atoms with Gasteiger partial charge in [-0.25, -0.2) is 0 Å². The fourth-order valence-electron chi connectivity index (χ4n) is 8.45. The van der Waals surface area contributed by atoms with Gasteiger partial charge in [0.2, 0.25) is 0 Å². The van der Waals surface area contributed by atoms with Crippen LogP contribution >= 0.6 is 0 Å². The lowest BCUT2D eigenvalue weighted by Gasteiger charge is -2.31. The van der Waals surface area contributed by atoms with Gasteiger partial charge in [-0.1, -0.05) is 146 Å². The Balaban J connectivity index is 1.27. The standard InChI is InChI=1S/C45H29N/c1-2-15-31(16-3-1)46(44-28-30-14-4-5-17-33(30)34-18-6-7-22-38(34)44)32-26-27-43-39(29-32)37-21-10-13-25-42(37)45(43)40-23-11-8-19-35(40)36-20-9-12-24-41(36)45/h1-29H. The van der Waals surface area contributed by atoms with Gasteiger partial charge in [-0.2, -0.15) is 0 Å². The molecule has 0 bridgehead atoms. The van der Waals surface area contributed by atoms with Crippen molar-refractivity contribution in [2.45, 2.75) is 5.41 Å². The van der Waals surface area contributed by atoms with Crippen LogP contribution in [0.4, 0.5) is 17.1 Å². The molecule has 0 unspecified atom stereocenters. The molecule has 0 amide bonds. The van der Waals surface area contributed by atoms with Crippen LogP contribution in [0.3, 0.4) is 0 Å². The number of nitrogens with zero attached hydrogens (tertiary/aromatic N) is 1. The summed E-state index contributed by atoms with van der Waals surface area (Å²) in [6.45, 7) is 0. The van der Waals surface area contributed by atoms with Crippen LogP contribution in [-0.4, -0.2) is 0 Å². The van der Waals surface area contributed by atoms with Gasteiger partial charge in [0.15, 0.2) is 0 Å². The highest BCUT2D eigenvalue weighted by Gasteiger charge is 2.51. The lowest BCUT2D eigenvalue weighted by atomic mass is 9.70. The van der Waals surface area contributed by atoms with Crippen molar-refractivity contribution >= 4 is 38.6 Å². The van der Waals surface area contributed by atoms with E-state index >= 15 is 0 Å². The van der Waals surface area contributed by atoms with Crippen molar-refractivity contribution in [1.82, 2.24) is 0 Å². The van der Waals surface area contributed by atoms with E-state index in [2.05, 4.69) is 181 Å². The Morgan fingerprint density at radius 2 is 0.826 bits per heavy atom. The van der Waals surface area contributed by atoms with Gasteiger partial charge >= 0.3 is 0 Å². The summed E-state index contributed by atoms with van der Waals surface area (Å²) in [5.41, 5.74) is 13.9. The van der Waals surface area contributed by atoms with Crippen LogP contribution in [0.15, 0.2) is 176 Å². The van der Waals surface area contributed by atoms with Crippen molar-refractivity contribution in [3.05, 3.63) is 198 Å². The topological polar surface area (TPSA) is 3.24 Å². The minimum absolute atomic E-state index is 0.342. The van der Waals surface area contributed by atoms with E-state index in [9.17, 15) is 0 Å². The van der Waals surface area contributed by atoms with Crippen LogP contribution in [0.25, 0.3) is 43.8 Å². The molecule has 8 aromatic carbocycles. The predicted molar refractivity (Wildman–Crippen MR) is 192 cm³/mol. The maximum Gasteiger partial charge on any atom is 0.0725 e. The summed E-state index contributed by atoms with van der Waals surface area (Å²) in [6, 6.07) is 64.9. The molecular weight excluding hydrogens is 555 g/mol. The number of rotatable bonds is 3. The molecule has 2 aliphatic carbocycles. The van der Waals surface area contributed by atoms with E-state index in [1.165, 1.54) is 71.7 Å². The summed E-state index contributed by atoms with van der Waals surface area (Å²) in [6.07, 6.45) is 0. The van der Waals surface area contributed by atoms with E-state index in [4.69, 9.17) is 0 Å². The summed E-state index contributed by atoms with van der Waals surface area (Å²) in [7, 11) is 0. The third-order valence-corrected chi connectivity index (χ3v) is 10.2. The lowest BCUT2D eigenvalue weighted by molar-refractivity contribution is 0.794. The Kier molecular flexibility index (Phi) is 5.27. The molecule has 2 aliphatic rings. The van der Waals surface area contributed by atoms with E-state index < -0.39 is 0 Å². The second-order valence-corrected chi connectivity index (χ2v) is 12.5. The quantitative estimate of drug-likeness (QED) is 0.187. The van der Waals surface area contributed by atoms with Crippen LogP contribution < -0.4 is 4.90 Å². The average molecular weight is 584 g/mol. The Hall–Kier alpha value is -5.92. The molecule has 10 rings (SSSR count). The van der Waals surface area contributed by atoms with Crippen LogP contribution in [0.2, 0.25) is 0 Å². The average Bonchev–Trinajstić information content (AvgIpc) is 3.59. The Labute approximate surface area is 268 Å². The predicted octanol–water partition coefficient (Wildman–Crippen LogP) is 11.8. The highest BCUT2D eigenvalue weighted by molar-refractivity contribution is 6.14. The lowest BCUT2D eigenvalue weighted by Crippen LogP contribution is -2.25. The van der Waals surface area contributed by atoms with Crippen LogP contribution in [0, 0.1) is 0 Å². The monoisotopic (exact) mass is 583 g/mol. The third kappa shape index (κ3) is 3.29. The number of benzene rings is 8. The van der Waals surface area contributed by atoms with Crippen molar-refractivity contribution < 1.29 is 0 Å². The molecule has 1 spiro atoms. The molecule has 0 fully saturated rings. The molecule has 214 valence electrons. The molecule has 0 radical (unpaired) electrons. The maximum atomic E-state index is 2.44. The summed E-state index contributed by atoms with van der Waals surface area (Å²) in [5.74, 6) is 0. The minimum atomic E-state index is -0.342. The maximum absolute atomic E-state index is 2.44. The van der Waals surface area contributed by atoms with Gasteiger partial charge in [-0.15, -0.1) is 0 Å². The molecule has 1 nitrogen and oxygen atoms in total. The van der Waals surface area contributed by atoms with Gasteiger partial charge < -0.3 is 4.90 Å². The van der Waals surface area contributed by atoms with Gasteiger partial charge in [0.1, 0.15) is 0 Å². The second kappa shape index (κ2) is 9.54. The Bertz CT molecular complexity index is 2440. The highest BCUT2D eigenvalue weighted by atomic mass is 15.1. The molecule has 0 heterocycles. The molecule has 0 aromatic heterocycles. The van der Waals surface area contributed by atoms with E-state index in [1.54, 1.807) is 0 Å². The van der Waals surface area contributed by atoms with Crippen molar-refractivity contribution in [2.75, 3.05) is 4.90 Å². The molecule has 0 atom stereocenters. The number of anilines is 3. The number of hydrogen-bond acceptors (Lipinski definition) is 1. The zero-order valence-electron chi connectivity index (χ0n) is 25.2. The fourth-order valence-corrected chi connectivity index (χ4v) is 8.45. The van der Waals surface area contributed by atoms with Crippen LogP contribution in [0.1, 0.15) is 22.3 Å². The molecule has 0 N–H and O–H groups in total. The van der Waals surface area contributed by atoms with E-state index in [0.717, 1.165) is 11.4 Å². The van der Waals surface area contributed by atoms with Crippen molar-refractivity contribution in [3.63, 3.8) is 0 Å². The molecular formula is C45H29N. The Morgan fingerprint density at radius 3 is 1.50 bits per heavy atom. The van der Waals surface area contributed by atoms with Gasteiger partial charge in [-0.05, 0) is 91.0 Å². The third-order valence-electron chi connectivity index (χ3n) is 10.2. The zero-order valence-corrected chi connectivity index (χ0v) is 25.2. The van der Waals surface area contributed by atoms with Gasteiger partial charge in [0.25, 0.3) is 0 Å². The smallest absolute Gasteiger partial charge is 0.0725 e. The van der Waals surface area contributed by atoms with Crippen molar-refractivity contribution in [1.29, 1.82) is 0 Å². The van der Waals surface area contributed by atoms with Crippen molar-refractivity contribution in [3.8, 4) is 22.3 Å².